The van der Waals surface area contributed by atoms with Crippen LogP contribution in [0.25, 0.3) is 11.3 Å². The van der Waals surface area contributed by atoms with Crippen molar-refractivity contribution in [1.29, 1.82) is 0 Å². The maximum absolute atomic E-state index is 11.8. The fourth-order valence-electron chi connectivity index (χ4n) is 3.24. The van der Waals surface area contributed by atoms with Gasteiger partial charge in [0.1, 0.15) is 5.75 Å². The minimum absolute atomic E-state index is 0. The lowest BCUT2D eigenvalue weighted by Crippen LogP contribution is -3.00. The number of nitrogens with zero attached hydrogens (tertiary/aromatic N) is 2. The first-order valence-corrected chi connectivity index (χ1v) is 7.83. The third-order valence-electron chi connectivity index (χ3n) is 4.46. The average Bonchev–Trinajstić information content (AvgIpc) is 3.03. The second-order valence-corrected chi connectivity index (χ2v) is 5.88. The average molecular weight is 362 g/mol. The highest BCUT2D eigenvalue weighted by molar-refractivity contribution is 6.08. The predicted octanol–water partition coefficient (Wildman–Crippen LogP) is -1.47. The van der Waals surface area contributed by atoms with Gasteiger partial charge in [-0.05, 0) is 43.0 Å². The zero-order valence-electron chi connectivity index (χ0n) is 14.1. The van der Waals surface area contributed by atoms with Crippen LogP contribution < -0.4 is 22.3 Å². The van der Waals surface area contributed by atoms with Crippen molar-refractivity contribution in [3.05, 3.63) is 47.2 Å². The molecule has 0 saturated heterocycles. The molecule has 1 aliphatic carbocycles. The van der Waals surface area contributed by atoms with Crippen molar-refractivity contribution in [1.82, 2.24) is 5.32 Å². The Morgan fingerprint density at radius 1 is 1.36 bits per heavy atom. The largest absolute Gasteiger partial charge is 1.00 e. The van der Waals surface area contributed by atoms with E-state index >= 15 is 0 Å². The van der Waals surface area contributed by atoms with Crippen molar-refractivity contribution in [2.24, 2.45) is 5.16 Å². The molecule has 7 heteroatoms. The summed E-state index contributed by atoms with van der Waals surface area (Å²) in [7, 11) is 1.59. The second kappa shape index (κ2) is 7.53. The van der Waals surface area contributed by atoms with Gasteiger partial charge in [0.05, 0.1) is 11.3 Å². The molecular formula is C18H20ClN3O3. The molecule has 1 aromatic heterocycles. The molecular weight excluding hydrogens is 342 g/mol. The minimum Gasteiger partial charge on any atom is -1.00 e. The number of fused-ring (bicyclic) bond motifs is 1. The van der Waals surface area contributed by atoms with Crippen molar-refractivity contribution in [3.63, 3.8) is 0 Å². The number of oxime groups is 1. The van der Waals surface area contributed by atoms with Crippen LogP contribution >= 0.6 is 0 Å². The number of halogens is 1. The molecule has 1 heterocycles. The van der Waals surface area contributed by atoms with E-state index in [1.807, 2.05) is 31.2 Å². The fourth-order valence-corrected chi connectivity index (χ4v) is 3.24. The molecule has 6 nitrogen and oxygen atoms in total. The van der Waals surface area contributed by atoms with Gasteiger partial charge in [-0.2, -0.15) is 4.57 Å². The van der Waals surface area contributed by atoms with Gasteiger partial charge in [0.15, 0.2) is 6.20 Å². The maximum Gasteiger partial charge on any atom is 0.285 e. The monoisotopic (exact) mass is 361 g/mol. The first-order valence-electron chi connectivity index (χ1n) is 7.83. The number of pyridine rings is 1. The molecule has 0 aliphatic heterocycles. The Balaban J connectivity index is 0.00000225. The van der Waals surface area contributed by atoms with Crippen molar-refractivity contribution >= 4 is 11.6 Å². The summed E-state index contributed by atoms with van der Waals surface area (Å²) in [5, 5.41) is 25.9. The van der Waals surface area contributed by atoms with E-state index in [-0.39, 0.29) is 30.6 Å². The van der Waals surface area contributed by atoms with Gasteiger partial charge < -0.3 is 28.0 Å². The third kappa shape index (κ3) is 3.30. The SMILES string of the molecule is CNC(=O)C[n+]1ccccc1-c1cc(C)c2c(c1O)C(=NO)CC2.[Cl-]. The van der Waals surface area contributed by atoms with Gasteiger partial charge in [-0.15, -0.1) is 0 Å². The van der Waals surface area contributed by atoms with Gasteiger partial charge in [-0.3, -0.25) is 4.79 Å². The van der Waals surface area contributed by atoms with Gasteiger partial charge in [0.25, 0.3) is 5.91 Å². The summed E-state index contributed by atoms with van der Waals surface area (Å²) in [5.74, 6) is -0.0276. The molecule has 0 saturated carbocycles. The number of likely N-dealkylation sites (N-methyl/N-ethyl adjacent to an activating group) is 1. The predicted molar refractivity (Wildman–Crippen MR) is 89.2 cm³/mol. The number of benzene rings is 1. The lowest BCUT2D eigenvalue weighted by Gasteiger charge is -2.12. The van der Waals surface area contributed by atoms with Crippen LogP contribution in [0.1, 0.15) is 23.1 Å². The molecule has 3 N–H and O–H groups in total. The van der Waals surface area contributed by atoms with E-state index in [1.165, 1.54) is 0 Å². The number of phenolic OH excluding ortho intramolecular Hbond substituents is 1. The van der Waals surface area contributed by atoms with E-state index < -0.39 is 0 Å². The smallest absolute Gasteiger partial charge is 0.285 e. The highest BCUT2D eigenvalue weighted by Gasteiger charge is 2.29. The van der Waals surface area contributed by atoms with Crippen molar-refractivity contribution in [3.8, 4) is 17.0 Å². The van der Waals surface area contributed by atoms with Gasteiger partial charge >= 0.3 is 0 Å². The number of amides is 1. The van der Waals surface area contributed by atoms with Crippen molar-refractivity contribution in [2.45, 2.75) is 26.3 Å². The normalized spacial score (nSPS) is 14.1. The Morgan fingerprint density at radius 2 is 2.12 bits per heavy atom. The highest BCUT2D eigenvalue weighted by atomic mass is 35.5. The third-order valence-corrected chi connectivity index (χ3v) is 4.46. The second-order valence-electron chi connectivity index (χ2n) is 5.88. The summed E-state index contributed by atoms with van der Waals surface area (Å²) in [6, 6.07) is 7.47. The summed E-state index contributed by atoms with van der Waals surface area (Å²) in [4.78, 5) is 11.8. The summed E-state index contributed by atoms with van der Waals surface area (Å²) in [6.45, 7) is 2.14. The van der Waals surface area contributed by atoms with E-state index in [2.05, 4.69) is 10.5 Å². The zero-order valence-corrected chi connectivity index (χ0v) is 14.8. The van der Waals surface area contributed by atoms with E-state index in [4.69, 9.17) is 0 Å². The van der Waals surface area contributed by atoms with Gasteiger partial charge in [0.2, 0.25) is 12.2 Å². The van der Waals surface area contributed by atoms with Crippen LogP contribution in [0.5, 0.6) is 5.75 Å². The quantitative estimate of drug-likeness (QED) is 0.354. The first kappa shape index (κ1) is 18.7. The van der Waals surface area contributed by atoms with Crippen molar-refractivity contribution in [2.75, 3.05) is 7.05 Å². The molecule has 1 amide bonds. The van der Waals surface area contributed by atoms with Crippen LogP contribution in [0.15, 0.2) is 35.6 Å². The highest BCUT2D eigenvalue weighted by Crippen LogP contribution is 2.39. The lowest BCUT2D eigenvalue weighted by atomic mass is 9.96. The molecule has 3 rings (SSSR count). The number of phenols is 1. The molecule has 0 fully saturated rings. The minimum atomic E-state index is -0.123. The summed E-state index contributed by atoms with van der Waals surface area (Å²) < 4.78 is 1.78. The van der Waals surface area contributed by atoms with E-state index in [0.717, 1.165) is 23.2 Å². The number of rotatable bonds is 3. The number of aromatic nitrogens is 1. The molecule has 0 radical (unpaired) electrons. The summed E-state index contributed by atoms with van der Waals surface area (Å²) in [5.41, 5.74) is 4.51. The number of carbonyl (C=O) groups is 1. The Labute approximate surface area is 152 Å². The van der Waals surface area contributed by atoms with Crippen LogP contribution in [-0.2, 0) is 17.8 Å². The Kier molecular flexibility index (Phi) is 5.64. The van der Waals surface area contributed by atoms with E-state index in [0.29, 0.717) is 23.3 Å². The first-order chi connectivity index (χ1) is 11.6. The molecule has 1 aliphatic rings. The number of aromatic hydroxyl groups is 1. The van der Waals surface area contributed by atoms with Crippen LogP contribution in [0.2, 0.25) is 0 Å². The molecule has 1 aromatic carbocycles. The van der Waals surface area contributed by atoms with E-state index in [9.17, 15) is 15.1 Å². The molecule has 0 bridgehead atoms. The lowest BCUT2D eigenvalue weighted by molar-refractivity contribution is -0.673. The van der Waals surface area contributed by atoms with E-state index in [1.54, 1.807) is 17.8 Å². The standard InChI is InChI=1S/C18H19N3O3.ClH/c1-11-9-13(18(23)17-12(11)6-7-14(17)20-24)15-5-3-4-8-21(15)10-16(22)19-2;/h3-5,8-9H,6-7,10H2,1-2H3,(H2,19,22,24);1H. The number of hydrogen-bond acceptors (Lipinski definition) is 4. The molecule has 0 unspecified atom stereocenters. The number of carbonyl (C=O) groups excluding carboxylic acids is 1. The molecule has 0 atom stereocenters. The number of hydrogen-bond donors (Lipinski definition) is 3. The summed E-state index contributed by atoms with van der Waals surface area (Å²) >= 11 is 0. The van der Waals surface area contributed by atoms with Gasteiger partial charge in [-0.25, -0.2) is 0 Å². The molecule has 25 heavy (non-hydrogen) atoms. The number of nitrogens with one attached hydrogen (secondary N) is 1. The molecule has 132 valence electrons. The van der Waals surface area contributed by atoms with Crippen LogP contribution in [-0.4, -0.2) is 29.0 Å². The molecule has 0 spiro atoms. The topological polar surface area (TPSA) is 85.8 Å². The van der Waals surface area contributed by atoms with Crippen LogP contribution in [0.3, 0.4) is 0 Å². The Morgan fingerprint density at radius 3 is 2.80 bits per heavy atom. The van der Waals surface area contributed by atoms with Crippen LogP contribution in [0, 0.1) is 6.92 Å². The van der Waals surface area contributed by atoms with Crippen LogP contribution in [0.4, 0.5) is 0 Å². The summed E-state index contributed by atoms with van der Waals surface area (Å²) in [6.07, 6.45) is 3.16. The number of aryl methyl sites for hydroxylation is 1. The molecule has 2 aromatic rings. The Bertz CT molecular complexity index is 850. The Hall–Kier alpha value is -2.60. The van der Waals surface area contributed by atoms with Gasteiger partial charge in [-0.1, -0.05) is 5.16 Å². The fraction of sp³-hybridized carbons (Fsp3) is 0.278. The van der Waals surface area contributed by atoms with Crippen molar-refractivity contribution < 1.29 is 32.1 Å². The zero-order chi connectivity index (χ0) is 17.3. The van der Waals surface area contributed by atoms with Gasteiger partial charge in [0, 0.05) is 24.7 Å². The maximum atomic E-state index is 11.8.